The maximum absolute atomic E-state index is 5.96. The van der Waals surface area contributed by atoms with Gasteiger partial charge in [0.15, 0.2) is 0 Å². The van der Waals surface area contributed by atoms with Gasteiger partial charge in [0.05, 0.1) is 0 Å². The van der Waals surface area contributed by atoms with Crippen LogP contribution in [0, 0.1) is 11.8 Å². The molecule has 0 radical (unpaired) electrons. The van der Waals surface area contributed by atoms with Crippen molar-refractivity contribution in [3.63, 3.8) is 0 Å². The molecule has 0 aromatic carbocycles. The number of nitrogens with two attached hydrogens (primary N) is 1. The lowest BCUT2D eigenvalue weighted by Crippen LogP contribution is -2.57. The maximum atomic E-state index is 5.96. The monoisotopic (exact) mass is 267 g/mol. The van der Waals surface area contributed by atoms with Crippen LogP contribution >= 0.6 is 0 Å². The molecule has 19 heavy (non-hydrogen) atoms. The fraction of sp³-hybridized carbons (Fsp3) is 1.00. The topological polar surface area (TPSA) is 32.5 Å². The van der Waals surface area contributed by atoms with Crippen molar-refractivity contribution in [2.24, 2.45) is 17.6 Å². The Labute approximate surface area is 119 Å². The molecule has 2 aliphatic rings. The summed E-state index contributed by atoms with van der Waals surface area (Å²) in [5.74, 6) is 1.61. The summed E-state index contributed by atoms with van der Waals surface area (Å²) in [4.78, 5) is 5.03. The summed E-state index contributed by atoms with van der Waals surface area (Å²) >= 11 is 0. The van der Waals surface area contributed by atoms with E-state index in [9.17, 15) is 0 Å². The van der Waals surface area contributed by atoms with Crippen LogP contribution in [0.2, 0.25) is 0 Å². The van der Waals surface area contributed by atoms with Crippen LogP contribution in [0.15, 0.2) is 0 Å². The molecular formula is C16H33N3. The minimum absolute atomic E-state index is 0.460. The summed E-state index contributed by atoms with van der Waals surface area (Å²) in [6, 6.07) is 0. The van der Waals surface area contributed by atoms with Crippen molar-refractivity contribution in [2.45, 2.75) is 50.5 Å². The van der Waals surface area contributed by atoms with Gasteiger partial charge in [0, 0.05) is 18.6 Å². The molecule has 0 saturated heterocycles. The van der Waals surface area contributed by atoms with E-state index in [-0.39, 0.29) is 0 Å². The highest BCUT2D eigenvalue weighted by atomic mass is 15.2. The van der Waals surface area contributed by atoms with E-state index in [1.807, 2.05) is 0 Å². The van der Waals surface area contributed by atoms with Gasteiger partial charge in [-0.1, -0.05) is 12.8 Å². The molecule has 2 unspecified atom stereocenters. The molecule has 0 heterocycles. The quantitative estimate of drug-likeness (QED) is 0.800. The van der Waals surface area contributed by atoms with E-state index in [0.717, 1.165) is 18.4 Å². The van der Waals surface area contributed by atoms with E-state index >= 15 is 0 Å². The van der Waals surface area contributed by atoms with Gasteiger partial charge in [-0.05, 0) is 71.6 Å². The highest BCUT2D eigenvalue weighted by molar-refractivity contribution is 4.98. The third kappa shape index (κ3) is 3.50. The van der Waals surface area contributed by atoms with Crippen LogP contribution in [-0.4, -0.2) is 56.1 Å². The maximum Gasteiger partial charge on any atom is 0.0330 e. The molecule has 3 heteroatoms. The predicted molar refractivity (Wildman–Crippen MR) is 82.3 cm³/mol. The average Bonchev–Trinajstić information content (AvgIpc) is 2.34. The Morgan fingerprint density at radius 3 is 2.11 bits per heavy atom. The Kier molecular flexibility index (Phi) is 5.27. The van der Waals surface area contributed by atoms with Crippen LogP contribution in [0.4, 0.5) is 0 Å². The Balaban J connectivity index is 1.84. The van der Waals surface area contributed by atoms with Crippen molar-refractivity contribution in [3.8, 4) is 0 Å². The smallest absolute Gasteiger partial charge is 0.0330 e. The molecule has 2 saturated carbocycles. The number of hydrogen-bond donors (Lipinski definition) is 1. The van der Waals surface area contributed by atoms with Gasteiger partial charge in [0.25, 0.3) is 0 Å². The fourth-order valence-electron chi connectivity index (χ4n) is 4.13. The first kappa shape index (κ1) is 15.3. The molecule has 3 nitrogen and oxygen atoms in total. The molecule has 2 N–H and O–H groups in total. The van der Waals surface area contributed by atoms with Crippen molar-refractivity contribution in [1.29, 1.82) is 0 Å². The van der Waals surface area contributed by atoms with E-state index in [1.165, 1.54) is 58.0 Å². The second-order valence-corrected chi connectivity index (χ2v) is 7.21. The van der Waals surface area contributed by atoms with Crippen LogP contribution in [0.5, 0.6) is 0 Å². The van der Waals surface area contributed by atoms with Crippen molar-refractivity contribution < 1.29 is 0 Å². The highest BCUT2D eigenvalue weighted by Crippen LogP contribution is 2.37. The van der Waals surface area contributed by atoms with Gasteiger partial charge in [0.2, 0.25) is 0 Å². The van der Waals surface area contributed by atoms with Crippen molar-refractivity contribution in [1.82, 2.24) is 9.80 Å². The second kappa shape index (κ2) is 6.55. The van der Waals surface area contributed by atoms with Crippen LogP contribution < -0.4 is 5.73 Å². The van der Waals surface area contributed by atoms with Crippen LogP contribution in [0.1, 0.15) is 44.9 Å². The first-order valence-corrected chi connectivity index (χ1v) is 8.13. The largest absolute Gasteiger partial charge is 0.330 e. The normalized spacial score (nSPS) is 30.6. The van der Waals surface area contributed by atoms with E-state index < -0.39 is 0 Å². The highest BCUT2D eigenvalue weighted by Gasteiger charge is 2.40. The summed E-state index contributed by atoms with van der Waals surface area (Å²) in [5.41, 5.74) is 6.42. The van der Waals surface area contributed by atoms with E-state index in [1.54, 1.807) is 0 Å². The lowest BCUT2D eigenvalue weighted by molar-refractivity contribution is 0.0193. The summed E-state index contributed by atoms with van der Waals surface area (Å²) in [6.45, 7) is 3.36. The number of rotatable bonds is 6. The predicted octanol–water partition coefficient (Wildman–Crippen LogP) is 2.17. The summed E-state index contributed by atoms with van der Waals surface area (Å²) in [7, 11) is 6.80. The molecule has 0 spiro atoms. The first-order valence-electron chi connectivity index (χ1n) is 8.13. The first-order chi connectivity index (χ1) is 9.07. The summed E-state index contributed by atoms with van der Waals surface area (Å²) in [6.07, 6.45) is 9.69. The lowest BCUT2D eigenvalue weighted by atomic mass is 9.74. The van der Waals surface area contributed by atoms with Crippen LogP contribution in [0.25, 0.3) is 0 Å². The Hall–Kier alpha value is -0.120. The SMILES string of the molecule is CN(CC1CCCCC1CN)CC1(N(C)C)CCC1. The zero-order valence-electron chi connectivity index (χ0n) is 13.2. The molecule has 0 amide bonds. The fourth-order valence-corrected chi connectivity index (χ4v) is 4.13. The van der Waals surface area contributed by atoms with Gasteiger partial charge in [-0.25, -0.2) is 0 Å². The molecule has 0 bridgehead atoms. The van der Waals surface area contributed by atoms with E-state index in [4.69, 9.17) is 5.73 Å². The van der Waals surface area contributed by atoms with Crippen LogP contribution in [0.3, 0.4) is 0 Å². The molecule has 0 aromatic rings. The van der Waals surface area contributed by atoms with Crippen molar-refractivity contribution in [3.05, 3.63) is 0 Å². The van der Waals surface area contributed by atoms with Crippen molar-refractivity contribution >= 4 is 0 Å². The number of nitrogens with zero attached hydrogens (tertiary/aromatic N) is 2. The van der Waals surface area contributed by atoms with Gasteiger partial charge >= 0.3 is 0 Å². The van der Waals surface area contributed by atoms with Gasteiger partial charge in [-0.3, -0.25) is 0 Å². The average molecular weight is 267 g/mol. The molecule has 2 rings (SSSR count). The van der Waals surface area contributed by atoms with E-state index in [0.29, 0.717) is 5.54 Å². The van der Waals surface area contributed by atoms with Gasteiger partial charge in [0.1, 0.15) is 0 Å². The zero-order chi connectivity index (χ0) is 13.9. The molecule has 2 aliphatic carbocycles. The summed E-state index contributed by atoms with van der Waals surface area (Å²) in [5, 5.41) is 0. The molecule has 2 atom stereocenters. The molecule has 112 valence electrons. The van der Waals surface area contributed by atoms with E-state index in [2.05, 4.69) is 30.9 Å². The minimum atomic E-state index is 0.460. The second-order valence-electron chi connectivity index (χ2n) is 7.21. The molecule has 2 fully saturated rings. The van der Waals surface area contributed by atoms with Gasteiger partial charge < -0.3 is 15.5 Å². The lowest BCUT2D eigenvalue weighted by Gasteiger charge is -2.50. The number of likely N-dealkylation sites (N-methyl/N-ethyl adjacent to an activating group) is 2. The Morgan fingerprint density at radius 1 is 1.00 bits per heavy atom. The zero-order valence-corrected chi connectivity index (χ0v) is 13.2. The van der Waals surface area contributed by atoms with Gasteiger partial charge in [-0.15, -0.1) is 0 Å². The third-order valence-corrected chi connectivity index (χ3v) is 5.71. The van der Waals surface area contributed by atoms with Crippen LogP contribution in [-0.2, 0) is 0 Å². The summed E-state index contributed by atoms with van der Waals surface area (Å²) < 4.78 is 0. The Morgan fingerprint density at radius 2 is 1.63 bits per heavy atom. The standard InChI is InChI=1S/C16H33N3/c1-18(2)16(9-6-10-16)13-19(3)12-15-8-5-4-7-14(15)11-17/h14-15H,4-13,17H2,1-3H3. The minimum Gasteiger partial charge on any atom is -0.330 e. The molecule has 0 aliphatic heterocycles. The van der Waals surface area contributed by atoms with Gasteiger partial charge in [-0.2, -0.15) is 0 Å². The Bertz CT molecular complexity index is 273. The third-order valence-electron chi connectivity index (χ3n) is 5.71. The van der Waals surface area contributed by atoms with Crippen molar-refractivity contribution in [2.75, 3.05) is 40.8 Å². The molecule has 0 aromatic heterocycles. The molecular weight excluding hydrogens is 234 g/mol. The number of hydrogen-bond acceptors (Lipinski definition) is 3.